The fraction of sp³-hybridized carbons (Fsp3) is 0.588. The van der Waals surface area contributed by atoms with Crippen LogP contribution in [0.5, 0.6) is 0 Å². The summed E-state index contributed by atoms with van der Waals surface area (Å²) in [5.74, 6) is 0.926. The highest BCUT2D eigenvalue weighted by molar-refractivity contribution is 5.95. The van der Waals surface area contributed by atoms with Crippen molar-refractivity contribution in [1.82, 2.24) is 4.90 Å². The molecule has 0 radical (unpaired) electrons. The Hall–Kier alpha value is -1.51. The summed E-state index contributed by atoms with van der Waals surface area (Å²) in [6.45, 7) is 5.97. The third-order valence-corrected chi connectivity index (χ3v) is 4.36. The van der Waals surface area contributed by atoms with E-state index in [0.717, 1.165) is 43.0 Å². The predicted octanol–water partition coefficient (Wildman–Crippen LogP) is 3.62. The normalized spacial score (nSPS) is 19.7. The first-order chi connectivity index (χ1) is 9.61. The second-order valence-corrected chi connectivity index (χ2v) is 5.95. The Balaban J connectivity index is 2.03. The first kappa shape index (κ1) is 14.9. The molecule has 3 nitrogen and oxygen atoms in total. The molecule has 1 aliphatic heterocycles. The van der Waals surface area contributed by atoms with Crippen molar-refractivity contribution in [2.75, 3.05) is 18.8 Å². The van der Waals surface area contributed by atoms with E-state index in [4.69, 9.17) is 5.73 Å². The number of nitrogens with zero attached hydrogens (tertiary/aromatic N) is 1. The number of benzene rings is 1. The fourth-order valence-corrected chi connectivity index (χ4v) is 3.02. The summed E-state index contributed by atoms with van der Waals surface area (Å²) in [5, 5.41) is 0. The number of rotatable bonds is 3. The van der Waals surface area contributed by atoms with Crippen molar-refractivity contribution in [3.8, 4) is 0 Å². The van der Waals surface area contributed by atoms with Crippen molar-refractivity contribution in [1.29, 1.82) is 0 Å². The lowest BCUT2D eigenvalue weighted by Crippen LogP contribution is -2.32. The summed E-state index contributed by atoms with van der Waals surface area (Å²) in [6, 6.07) is 5.63. The van der Waals surface area contributed by atoms with Gasteiger partial charge in [0, 0.05) is 24.3 Å². The lowest BCUT2D eigenvalue weighted by molar-refractivity contribution is 0.0760. The van der Waals surface area contributed by atoms with Gasteiger partial charge in [-0.05, 0) is 49.8 Å². The molecule has 3 heteroatoms. The largest absolute Gasteiger partial charge is 0.398 e. The van der Waals surface area contributed by atoms with Crippen molar-refractivity contribution < 1.29 is 4.79 Å². The zero-order chi connectivity index (χ0) is 14.5. The Labute approximate surface area is 122 Å². The first-order valence-corrected chi connectivity index (χ1v) is 7.77. The molecule has 1 unspecified atom stereocenters. The predicted molar refractivity (Wildman–Crippen MR) is 83.7 cm³/mol. The third-order valence-electron chi connectivity index (χ3n) is 4.36. The minimum Gasteiger partial charge on any atom is -0.398 e. The molecule has 20 heavy (non-hydrogen) atoms. The second-order valence-electron chi connectivity index (χ2n) is 5.95. The molecule has 1 aromatic rings. The average Bonchev–Trinajstić information content (AvgIpc) is 2.67. The van der Waals surface area contributed by atoms with Gasteiger partial charge in [-0.3, -0.25) is 4.79 Å². The Bertz CT molecular complexity index is 470. The molecule has 0 bridgehead atoms. The number of anilines is 1. The van der Waals surface area contributed by atoms with E-state index in [-0.39, 0.29) is 5.91 Å². The van der Waals surface area contributed by atoms with Crippen molar-refractivity contribution in [2.24, 2.45) is 5.92 Å². The van der Waals surface area contributed by atoms with Gasteiger partial charge in [0.05, 0.1) is 0 Å². The molecule has 0 saturated carbocycles. The average molecular weight is 274 g/mol. The van der Waals surface area contributed by atoms with Crippen LogP contribution in [0.2, 0.25) is 0 Å². The molecular formula is C17H26N2O. The molecule has 0 aromatic heterocycles. The standard InChI is InChI=1S/C17H26N2O/c1-3-5-14-6-4-10-19(11-9-14)17(20)15-8-7-13(2)16(18)12-15/h7-8,12,14H,3-6,9-11,18H2,1-2H3. The van der Waals surface area contributed by atoms with Gasteiger partial charge in [-0.2, -0.15) is 0 Å². The first-order valence-electron chi connectivity index (χ1n) is 7.77. The molecule has 1 aliphatic rings. The van der Waals surface area contributed by atoms with E-state index < -0.39 is 0 Å². The van der Waals surface area contributed by atoms with Gasteiger partial charge < -0.3 is 10.6 Å². The van der Waals surface area contributed by atoms with E-state index in [1.165, 1.54) is 19.3 Å². The van der Waals surface area contributed by atoms with Crippen molar-refractivity contribution >= 4 is 11.6 Å². The highest BCUT2D eigenvalue weighted by Gasteiger charge is 2.21. The highest BCUT2D eigenvalue weighted by Crippen LogP contribution is 2.23. The van der Waals surface area contributed by atoms with Crippen LogP contribution in [0.1, 0.15) is 54.9 Å². The van der Waals surface area contributed by atoms with Gasteiger partial charge in [-0.15, -0.1) is 0 Å². The molecule has 0 spiro atoms. The maximum absolute atomic E-state index is 12.6. The number of carbonyl (C=O) groups is 1. The summed E-state index contributed by atoms with van der Waals surface area (Å²) < 4.78 is 0. The van der Waals surface area contributed by atoms with E-state index in [0.29, 0.717) is 5.69 Å². The van der Waals surface area contributed by atoms with Crippen molar-refractivity contribution in [3.63, 3.8) is 0 Å². The number of carbonyl (C=O) groups excluding carboxylic acids is 1. The van der Waals surface area contributed by atoms with Crippen molar-refractivity contribution in [3.05, 3.63) is 29.3 Å². The molecule has 1 amide bonds. The van der Waals surface area contributed by atoms with Crippen LogP contribution in [0, 0.1) is 12.8 Å². The van der Waals surface area contributed by atoms with Crippen LogP contribution in [-0.4, -0.2) is 23.9 Å². The molecule has 2 N–H and O–H groups in total. The van der Waals surface area contributed by atoms with Gasteiger partial charge in [0.1, 0.15) is 0 Å². The smallest absolute Gasteiger partial charge is 0.253 e. The summed E-state index contributed by atoms with van der Waals surface area (Å²) in [5.41, 5.74) is 8.37. The molecule has 1 fully saturated rings. The Morgan fingerprint density at radius 3 is 2.85 bits per heavy atom. The van der Waals surface area contributed by atoms with E-state index in [1.807, 2.05) is 30.0 Å². The Morgan fingerprint density at radius 1 is 1.35 bits per heavy atom. The summed E-state index contributed by atoms with van der Waals surface area (Å²) in [4.78, 5) is 14.6. The number of amides is 1. The van der Waals surface area contributed by atoms with Gasteiger partial charge in [-0.1, -0.05) is 25.8 Å². The molecule has 1 saturated heterocycles. The summed E-state index contributed by atoms with van der Waals surface area (Å²) in [6.07, 6.45) is 6.05. The number of hydrogen-bond acceptors (Lipinski definition) is 2. The third kappa shape index (κ3) is 3.53. The van der Waals surface area contributed by atoms with Crippen LogP contribution >= 0.6 is 0 Å². The summed E-state index contributed by atoms with van der Waals surface area (Å²) >= 11 is 0. The number of likely N-dealkylation sites (tertiary alicyclic amines) is 1. The van der Waals surface area contributed by atoms with E-state index in [2.05, 4.69) is 6.92 Å². The van der Waals surface area contributed by atoms with Crippen LogP contribution < -0.4 is 5.73 Å². The maximum Gasteiger partial charge on any atom is 0.253 e. The topological polar surface area (TPSA) is 46.3 Å². The Morgan fingerprint density at radius 2 is 2.15 bits per heavy atom. The molecule has 110 valence electrons. The van der Waals surface area contributed by atoms with Crippen LogP contribution in [0.15, 0.2) is 18.2 Å². The number of nitrogen functional groups attached to an aromatic ring is 1. The van der Waals surface area contributed by atoms with Gasteiger partial charge in [0.15, 0.2) is 0 Å². The zero-order valence-electron chi connectivity index (χ0n) is 12.7. The molecule has 1 aromatic carbocycles. The van der Waals surface area contributed by atoms with Crippen LogP contribution in [0.25, 0.3) is 0 Å². The molecular weight excluding hydrogens is 248 g/mol. The summed E-state index contributed by atoms with van der Waals surface area (Å²) in [7, 11) is 0. The van der Waals surface area contributed by atoms with Gasteiger partial charge >= 0.3 is 0 Å². The van der Waals surface area contributed by atoms with E-state index >= 15 is 0 Å². The monoisotopic (exact) mass is 274 g/mol. The van der Waals surface area contributed by atoms with E-state index in [1.54, 1.807) is 0 Å². The minimum absolute atomic E-state index is 0.133. The van der Waals surface area contributed by atoms with Gasteiger partial charge in [0.2, 0.25) is 0 Å². The van der Waals surface area contributed by atoms with E-state index in [9.17, 15) is 4.79 Å². The molecule has 1 atom stereocenters. The Kier molecular flexibility index (Phi) is 5.05. The number of nitrogens with two attached hydrogens (primary N) is 1. The molecule has 2 rings (SSSR count). The van der Waals surface area contributed by atoms with Crippen LogP contribution in [-0.2, 0) is 0 Å². The lowest BCUT2D eigenvalue weighted by atomic mass is 9.96. The second kappa shape index (κ2) is 6.78. The SMILES string of the molecule is CCCC1CCCN(C(=O)c2ccc(C)c(N)c2)CC1. The number of hydrogen-bond donors (Lipinski definition) is 1. The molecule has 1 heterocycles. The fourth-order valence-electron chi connectivity index (χ4n) is 3.02. The van der Waals surface area contributed by atoms with Crippen LogP contribution in [0.4, 0.5) is 5.69 Å². The highest BCUT2D eigenvalue weighted by atomic mass is 16.2. The zero-order valence-corrected chi connectivity index (χ0v) is 12.7. The maximum atomic E-state index is 12.6. The van der Waals surface area contributed by atoms with Crippen molar-refractivity contribution in [2.45, 2.75) is 46.0 Å². The van der Waals surface area contributed by atoms with Crippen LogP contribution in [0.3, 0.4) is 0 Å². The van der Waals surface area contributed by atoms with Gasteiger partial charge in [-0.25, -0.2) is 0 Å². The number of aryl methyl sites for hydroxylation is 1. The molecule has 0 aliphatic carbocycles. The lowest BCUT2D eigenvalue weighted by Gasteiger charge is -2.21. The minimum atomic E-state index is 0.133. The quantitative estimate of drug-likeness (QED) is 0.856. The van der Waals surface area contributed by atoms with Gasteiger partial charge in [0.25, 0.3) is 5.91 Å².